The molecule has 0 spiro atoms. The molecule has 0 amide bonds. The van der Waals surface area contributed by atoms with Crippen LogP contribution in [0.15, 0.2) is 21.5 Å². The highest BCUT2D eigenvalue weighted by Crippen LogP contribution is 2.28. The minimum Gasteiger partial charge on any atom is -0.396 e. The molecule has 1 aromatic carbocycles. The van der Waals surface area contributed by atoms with E-state index in [-0.39, 0.29) is 33.6 Å². The Labute approximate surface area is 125 Å². The quantitative estimate of drug-likeness (QED) is 0.705. The fourth-order valence-electron chi connectivity index (χ4n) is 2.29. The second-order valence-corrected chi connectivity index (χ2v) is 7.58. The molecular weight excluding hydrogens is 351 g/mol. The van der Waals surface area contributed by atoms with E-state index in [9.17, 15) is 17.9 Å². The maximum Gasteiger partial charge on any atom is 0.241 e. The van der Waals surface area contributed by atoms with Gasteiger partial charge in [0.15, 0.2) is 0 Å². The predicted octanol–water partition coefficient (Wildman–Crippen LogP) is 1.61. The van der Waals surface area contributed by atoms with Crippen LogP contribution in [0.3, 0.4) is 0 Å². The monoisotopic (exact) mass is 366 g/mol. The van der Waals surface area contributed by atoms with Crippen molar-refractivity contribution in [1.29, 1.82) is 0 Å². The molecular formula is C12H16BrFN2O3S. The van der Waals surface area contributed by atoms with Gasteiger partial charge >= 0.3 is 0 Å². The van der Waals surface area contributed by atoms with Gasteiger partial charge < -0.3 is 10.8 Å². The van der Waals surface area contributed by atoms with Gasteiger partial charge in [-0.2, -0.15) is 0 Å². The summed E-state index contributed by atoms with van der Waals surface area (Å²) in [6, 6.07) is 2.12. The van der Waals surface area contributed by atoms with Crippen LogP contribution in [0.5, 0.6) is 0 Å². The number of halogens is 2. The van der Waals surface area contributed by atoms with Gasteiger partial charge in [0.05, 0.1) is 16.7 Å². The van der Waals surface area contributed by atoms with Crippen molar-refractivity contribution in [3.63, 3.8) is 0 Å². The molecule has 0 bridgehead atoms. The van der Waals surface area contributed by atoms with Gasteiger partial charge in [-0.05, 0) is 53.2 Å². The first-order chi connectivity index (χ1) is 9.29. The van der Waals surface area contributed by atoms with Crippen LogP contribution in [-0.4, -0.2) is 26.2 Å². The Balaban J connectivity index is 2.12. The molecule has 1 aromatic rings. The third kappa shape index (κ3) is 3.49. The lowest BCUT2D eigenvalue weighted by Gasteiger charge is -2.13. The summed E-state index contributed by atoms with van der Waals surface area (Å²) in [5.41, 5.74) is 5.18. The fraction of sp³-hybridized carbons (Fsp3) is 0.500. The normalized spacial score (nSPS) is 23.1. The fourth-order valence-corrected chi connectivity index (χ4v) is 4.45. The SMILES string of the molecule is Nc1cc(S(=O)(=O)NCC2CCC(O)C2)c(Br)cc1F. The second-order valence-electron chi connectivity index (χ2n) is 4.99. The van der Waals surface area contributed by atoms with Crippen molar-refractivity contribution in [2.24, 2.45) is 5.92 Å². The number of sulfonamides is 1. The van der Waals surface area contributed by atoms with Crippen LogP contribution in [0.2, 0.25) is 0 Å². The number of nitrogen functional groups attached to an aromatic ring is 1. The Kier molecular flexibility index (Phi) is 4.68. The first kappa shape index (κ1) is 15.7. The smallest absolute Gasteiger partial charge is 0.241 e. The van der Waals surface area contributed by atoms with Crippen molar-refractivity contribution >= 4 is 31.6 Å². The summed E-state index contributed by atoms with van der Waals surface area (Å²) in [5.74, 6) is -0.550. The number of aliphatic hydroxyl groups excluding tert-OH is 1. The molecule has 1 aliphatic carbocycles. The van der Waals surface area contributed by atoms with Crippen LogP contribution >= 0.6 is 15.9 Å². The van der Waals surface area contributed by atoms with Crippen molar-refractivity contribution in [1.82, 2.24) is 4.72 Å². The lowest BCUT2D eigenvalue weighted by molar-refractivity contribution is 0.178. The molecule has 112 valence electrons. The molecule has 1 aliphatic rings. The summed E-state index contributed by atoms with van der Waals surface area (Å²) < 4.78 is 40.2. The highest BCUT2D eigenvalue weighted by molar-refractivity contribution is 9.10. The molecule has 2 rings (SSSR count). The number of aliphatic hydroxyl groups is 1. The molecule has 1 saturated carbocycles. The molecule has 4 N–H and O–H groups in total. The van der Waals surface area contributed by atoms with Crippen molar-refractivity contribution < 1.29 is 17.9 Å². The maximum atomic E-state index is 13.2. The highest BCUT2D eigenvalue weighted by atomic mass is 79.9. The number of nitrogens with two attached hydrogens (primary N) is 1. The highest BCUT2D eigenvalue weighted by Gasteiger charge is 2.26. The molecule has 2 unspecified atom stereocenters. The summed E-state index contributed by atoms with van der Waals surface area (Å²) in [6.45, 7) is 0.253. The van der Waals surface area contributed by atoms with E-state index in [1.165, 1.54) is 0 Å². The maximum absolute atomic E-state index is 13.2. The van der Waals surface area contributed by atoms with Gasteiger partial charge in [-0.1, -0.05) is 0 Å². The van der Waals surface area contributed by atoms with Crippen LogP contribution in [0, 0.1) is 11.7 Å². The summed E-state index contributed by atoms with van der Waals surface area (Å²) in [5, 5.41) is 9.41. The molecule has 0 aliphatic heterocycles. The first-order valence-corrected chi connectivity index (χ1v) is 8.49. The molecule has 5 nitrogen and oxygen atoms in total. The molecule has 20 heavy (non-hydrogen) atoms. The Morgan fingerprint density at radius 3 is 2.75 bits per heavy atom. The van der Waals surface area contributed by atoms with Crippen LogP contribution in [0.1, 0.15) is 19.3 Å². The van der Waals surface area contributed by atoms with Crippen molar-refractivity contribution in [3.8, 4) is 0 Å². The number of hydrogen-bond donors (Lipinski definition) is 3. The van der Waals surface area contributed by atoms with E-state index in [0.717, 1.165) is 18.6 Å². The van der Waals surface area contributed by atoms with Gasteiger partial charge in [-0.3, -0.25) is 0 Å². The van der Waals surface area contributed by atoms with E-state index in [0.29, 0.717) is 12.8 Å². The molecule has 0 saturated heterocycles. The van der Waals surface area contributed by atoms with Gasteiger partial charge in [0.1, 0.15) is 5.82 Å². The second kappa shape index (κ2) is 5.97. The van der Waals surface area contributed by atoms with Crippen molar-refractivity contribution in [2.75, 3.05) is 12.3 Å². The third-order valence-corrected chi connectivity index (χ3v) is 5.80. The Morgan fingerprint density at radius 1 is 1.45 bits per heavy atom. The molecule has 1 fully saturated rings. The lowest BCUT2D eigenvalue weighted by atomic mass is 10.1. The minimum atomic E-state index is -3.76. The predicted molar refractivity (Wildman–Crippen MR) is 77.0 cm³/mol. The van der Waals surface area contributed by atoms with Crippen molar-refractivity contribution in [2.45, 2.75) is 30.3 Å². The van der Waals surface area contributed by atoms with E-state index in [1.807, 2.05) is 0 Å². The molecule has 2 atom stereocenters. The summed E-state index contributed by atoms with van der Waals surface area (Å²) in [4.78, 5) is -0.0880. The van der Waals surface area contributed by atoms with E-state index in [2.05, 4.69) is 20.7 Å². The van der Waals surface area contributed by atoms with Gasteiger partial charge in [-0.15, -0.1) is 0 Å². The van der Waals surface area contributed by atoms with E-state index >= 15 is 0 Å². The zero-order valence-electron chi connectivity index (χ0n) is 10.6. The van der Waals surface area contributed by atoms with Crippen LogP contribution in [0.4, 0.5) is 10.1 Å². The van der Waals surface area contributed by atoms with E-state index in [4.69, 9.17) is 5.73 Å². The average molecular weight is 367 g/mol. The standard InChI is InChI=1S/C12H16BrFN2O3S/c13-9-4-10(14)11(15)5-12(9)20(18,19)16-6-7-1-2-8(17)3-7/h4-5,7-8,16-17H,1-3,6,15H2. The van der Waals surface area contributed by atoms with E-state index < -0.39 is 15.8 Å². The summed E-state index contributed by atoms with van der Waals surface area (Å²) in [6.07, 6.45) is 1.73. The Hall–Kier alpha value is -0.700. The third-order valence-electron chi connectivity index (χ3n) is 3.42. The minimum absolute atomic E-state index is 0.0880. The first-order valence-electron chi connectivity index (χ1n) is 6.22. The summed E-state index contributed by atoms with van der Waals surface area (Å²) in [7, 11) is -3.76. The largest absolute Gasteiger partial charge is 0.396 e. The topological polar surface area (TPSA) is 92.4 Å². The van der Waals surface area contributed by atoms with Gasteiger partial charge in [0.2, 0.25) is 10.0 Å². The number of anilines is 1. The zero-order valence-corrected chi connectivity index (χ0v) is 13.0. The zero-order chi connectivity index (χ0) is 14.9. The molecule has 0 radical (unpaired) electrons. The van der Waals surface area contributed by atoms with Gasteiger partial charge in [0, 0.05) is 11.0 Å². The number of nitrogens with one attached hydrogen (secondary N) is 1. The summed E-state index contributed by atoms with van der Waals surface area (Å²) >= 11 is 3.03. The molecule has 0 aromatic heterocycles. The van der Waals surface area contributed by atoms with Crippen molar-refractivity contribution in [3.05, 3.63) is 22.4 Å². The lowest BCUT2D eigenvalue weighted by Crippen LogP contribution is -2.29. The van der Waals surface area contributed by atoms with Crippen LogP contribution in [-0.2, 0) is 10.0 Å². The van der Waals surface area contributed by atoms with Gasteiger partial charge in [0.25, 0.3) is 0 Å². The Bertz CT molecular complexity index is 609. The average Bonchev–Trinajstić information content (AvgIpc) is 2.77. The van der Waals surface area contributed by atoms with Crippen LogP contribution in [0.25, 0.3) is 0 Å². The number of hydrogen-bond acceptors (Lipinski definition) is 4. The number of rotatable bonds is 4. The Morgan fingerprint density at radius 2 is 2.15 bits per heavy atom. The van der Waals surface area contributed by atoms with Crippen LogP contribution < -0.4 is 10.5 Å². The number of benzene rings is 1. The molecule has 0 heterocycles. The van der Waals surface area contributed by atoms with Gasteiger partial charge in [-0.25, -0.2) is 17.5 Å². The molecule has 8 heteroatoms. The van der Waals surface area contributed by atoms with E-state index in [1.54, 1.807) is 0 Å².